The minimum absolute atomic E-state index is 0.106. The first-order valence-corrected chi connectivity index (χ1v) is 9.79. The van der Waals surface area contributed by atoms with Crippen LogP contribution in [-0.4, -0.2) is 51.2 Å². The van der Waals surface area contributed by atoms with Gasteiger partial charge in [-0.2, -0.15) is 5.26 Å². The number of anilines is 1. The van der Waals surface area contributed by atoms with E-state index in [4.69, 9.17) is 9.47 Å². The van der Waals surface area contributed by atoms with Crippen molar-refractivity contribution in [3.05, 3.63) is 65.9 Å². The number of para-hydroxylation sites is 2. The Morgan fingerprint density at radius 2 is 1.77 bits per heavy atom. The summed E-state index contributed by atoms with van der Waals surface area (Å²) in [6.45, 7) is 3.35. The lowest BCUT2D eigenvalue weighted by atomic mass is 10.2. The number of rotatable bonds is 7. The second kappa shape index (κ2) is 10.2. The average molecular weight is 406 g/mol. The van der Waals surface area contributed by atoms with Gasteiger partial charge in [0.2, 0.25) is 0 Å². The van der Waals surface area contributed by atoms with Crippen LogP contribution in [0, 0.1) is 11.3 Å². The van der Waals surface area contributed by atoms with Crippen molar-refractivity contribution in [2.75, 3.05) is 45.3 Å². The molecule has 7 heteroatoms. The van der Waals surface area contributed by atoms with Gasteiger partial charge in [0.05, 0.1) is 19.9 Å². The molecule has 2 aromatic carbocycles. The van der Waals surface area contributed by atoms with Crippen molar-refractivity contribution in [1.82, 2.24) is 10.2 Å². The Bertz CT molecular complexity index is 926. The van der Waals surface area contributed by atoms with E-state index < -0.39 is 0 Å². The van der Waals surface area contributed by atoms with E-state index >= 15 is 0 Å². The van der Waals surface area contributed by atoms with Crippen molar-refractivity contribution >= 4 is 11.6 Å². The zero-order valence-electron chi connectivity index (χ0n) is 17.3. The molecular weight excluding hydrogens is 380 g/mol. The summed E-state index contributed by atoms with van der Waals surface area (Å²) in [6.07, 6.45) is 1.66. The molecule has 1 saturated heterocycles. The minimum Gasteiger partial charge on any atom is -0.497 e. The SMILES string of the molecule is COc1ccc(CNC(=O)/C(C#N)=C\N2CCN(c3ccccc3OC)CC2)cc1. The highest BCUT2D eigenvalue weighted by molar-refractivity contribution is 5.97. The molecule has 0 radical (unpaired) electrons. The van der Waals surface area contributed by atoms with Gasteiger partial charge in [-0.15, -0.1) is 0 Å². The molecule has 1 fully saturated rings. The van der Waals surface area contributed by atoms with Gasteiger partial charge in [-0.05, 0) is 29.8 Å². The summed E-state index contributed by atoms with van der Waals surface area (Å²) in [4.78, 5) is 16.7. The first kappa shape index (κ1) is 21.1. The third-order valence-electron chi connectivity index (χ3n) is 5.03. The third kappa shape index (κ3) is 5.23. The number of nitriles is 1. The van der Waals surface area contributed by atoms with Gasteiger partial charge >= 0.3 is 0 Å². The predicted octanol–water partition coefficient (Wildman–Crippen LogP) is 2.55. The van der Waals surface area contributed by atoms with E-state index in [9.17, 15) is 10.1 Å². The molecule has 2 aromatic rings. The van der Waals surface area contributed by atoms with Crippen molar-refractivity contribution in [1.29, 1.82) is 5.26 Å². The molecular formula is C23H26N4O3. The summed E-state index contributed by atoms with van der Waals surface area (Å²) in [5, 5.41) is 12.2. The van der Waals surface area contributed by atoms with Crippen LogP contribution < -0.4 is 19.7 Å². The second-order valence-electron chi connectivity index (χ2n) is 6.88. The van der Waals surface area contributed by atoms with E-state index in [1.165, 1.54) is 0 Å². The van der Waals surface area contributed by atoms with Crippen LogP contribution in [0.15, 0.2) is 60.3 Å². The highest BCUT2D eigenvalue weighted by atomic mass is 16.5. The summed E-state index contributed by atoms with van der Waals surface area (Å²) in [7, 11) is 3.28. The molecule has 0 aliphatic carbocycles. The molecule has 0 bridgehead atoms. The molecule has 0 atom stereocenters. The molecule has 1 amide bonds. The fourth-order valence-corrected chi connectivity index (χ4v) is 3.32. The normalized spacial score (nSPS) is 14.1. The van der Waals surface area contributed by atoms with Gasteiger partial charge in [0.15, 0.2) is 0 Å². The average Bonchev–Trinajstić information content (AvgIpc) is 2.81. The van der Waals surface area contributed by atoms with Crippen molar-refractivity contribution in [3.63, 3.8) is 0 Å². The smallest absolute Gasteiger partial charge is 0.263 e. The lowest BCUT2D eigenvalue weighted by Crippen LogP contribution is -2.44. The van der Waals surface area contributed by atoms with Crippen molar-refractivity contribution in [2.24, 2.45) is 0 Å². The van der Waals surface area contributed by atoms with Gasteiger partial charge in [-0.1, -0.05) is 24.3 Å². The van der Waals surface area contributed by atoms with Crippen LogP contribution in [0.1, 0.15) is 5.56 Å². The number of ether oxygens (including phenoxy) is 2. The Hall–Kier alpha value is -3.66. The molecule has 1 heterocycles. The third-order valence-corrected chi connectivity index (χ3v) is 5.03. The first-order chi connectivity index (χ1) is 14.6. The van der Waals surface area contributed by atoms with Crippen LogP contribution in [0.4, 0.5) is 5.69 Å². The van der Waals surface area contributed by atoms with E-state index in [-0.39, 0.29) is 11.5 Å². The van der Waals surface area contributed by atoms with Crippen LogP contribution in [-0.2, 0) is 11.3 Å². The van der Waals surface area contributed by atoms with E-state index in [0.29, 0.717) is 6.54 Å². The largest absolute Gasteiger partial charge is 0.497 e. The number of nitrogens with one attached hydrogen (secondary N) is 1. The lowest BCUT2D eigenvalue weighted by molar-refractivity contribution is -0.117. The summed E-state index contributed by atoms with van der Waals surface area (Å²) < 4.78 is 10.6. The van der Waals surface area contributed by atoms with Crippen molar-refractivity contribution in [2.45, 2.75) is 6.54 Å². The van der Waals surface area contributed by atoms with Crippen molar-refractivity contribution in [3.8, 4) is 17.6 Å². The summed E-state index contributed by atoms with van der Waals surface area (Å²) >= 11 is 0. The van der Waals surface area contributed by atoms with Gasteiger partial charge in [-0.3, -0.25) is 4.79 Å². The maximum Gasteiger partial charge on any atom is 0.263 e. The second-order valence-corrected chi connectivity index (χ2v) is 6.88. The Balaban J connectivity index is 1.55. The monoisotopic (exact) mass is 406 g/mol. The van der Waals surface area contributed by atoms with Gasteiger partial charge in [0.25, 0.3) is 5.91 Å². The number of amides is 1. The molecule has 1 aliphatic rings. The van der Waals surface area contributed by atoms with Gasteiger partial charge in [0, 0.05) is 38.9 Å². The zero-order valence-corrected chi connectivity index (χ0v) is 17.3. The summed E-state index contributed by atoms with van der Waals surface area (Å²) in [5.41, 5.74) is 2.10. The number of piperazine rings is 1. The van der Waals surface area contributed by atoms with Gasteiger partial charge in [0.1, 0.15) is 23.1 Å². The van der Waals surface area contributed by atoms with Gasteiger partial charge in [-0.25, -0.2) is 0 Å². The van der Waals surface area contributed by atoms with Crippen LogP contribution >= 0.6 is 0 Å². The molecule has 0 unspecified atom stereocenters. The van der Waals surface area contributed by atoms with E-state index in [1.54, 1.807) is 20.4 Å². The number of methoxy groups -OCH3 is 2. The molecule has 1 N–H and O–H groups in total. The summed E-state index contributed by atoms with van der Waals surface area (Å²) in [5.74, 6) is 1.23. The molecule has 30 heavy (non-hydrogen) atoms. The number of carbonyl (C=O) groups excluding carboxylic acids is 1. The molecule has 0 aromatic heterocycles. The Morgan fingerprint density at radius 3 is 2.40 bits per heavy atom. The van der Waals surface area contributed by atoms with Crippen LogP contribution in [0.2, 0.25) is 0 Å². The number of hydrogen-bond donors (Lipinski definition) is 1. The fraction of sp³-hybridized carbons (Fsp3) is 0.304. The standard InChI is InChI=1S/C23H26N4O3/c1-29-20-9-7-18(8-10-20)16-25-23(28)19(15-24)17-26-11-13-27(14-12-26)21-5-3-4-6-22(21)30-2/h3-10,17H,11-14,16H2,1-2H3,(H,25,28)/b19-17-. The van der Waals surface area contributed by atoms with E-state index in [1.807, 2.05) is 59.5 Å². The molecule has 156 valence electrons. The first-order valence-electron chi connectivity index (χ1n) is 9.79. The molecule has 7 nitrogen and oxygen atoms in total. The summed E-state index contributed by atoms with van der Waals surface area (Å²) in [6, 6.07) is 17.4. The van der Waals surface area contributed by atoms with Gasteiger partial charge < -0.3 is 24.6 Å². The zero-order chi connectivity index (χ0) is 21.3. The van der Waals surface area contributed by atoms with Crippen LogP contribution in [0.25, 0.3) is 0 Å². The molecule has 0 spiro atoms. The lowest BCUT2D eigenvalue weighted by Gasteiger charge is -2.36. The van der Waals surface area contributed by atoms with E-state index in [2.05, 4.69) is 10.2 Å². The Morgan fingerprint density at radius 1 is 1.07 bits per heavy atom. The van der Waals surface area contributed by atoms with Crippen molar-refractivity contribution < 1.29 is 14.3 Å². The van der Waals surface area contributed by atoms with E-state index in [0.717, 1.165) is 48.9 Å². The molecule has 1 aliphatic heterocycles. The fourth-order valence-electron chi connectivity index (χ4n) is 3.32. The molecule has 0 saturated carbocycles. The Labute approximate surface area is 177 Å². The molecule has 3 rings (SSSR count). The number of carbonyl (C=O) groups is 1. The maximum atomic E-state index is 12.4. The predicted molar refractivity (Wildman–Crippen MR) is 115 cm³/mol. The quantitative estimate of drug-likeness (QED) is 0.563. The van der Waals surface area contributed by atoms with Crippen LogP contribution in [0.3, 0.4) is 0 Å². The number of hydrogen-bond acceptors (Lipinski definition) is 6. The number of nitrogens with zero attached hydrogens (tertiary/aromatic N) is 3. The minimum atomic E-state index is -0.375. The highest BCUT2D eigenvalue weighted by Crippen LogP contribution is 2.28. The topological polar surface area (TPSA) is 77.8 Å². The maximum absolute atomic E-state index is 12.4. The Kier molecular flexibility index (Phi) is 7.17. The number of benzene rings is 2. The van der Waals surface area contributed by atoms with Crippen LogP contribution in [0.5, 0.6) is 11.5 Å². The highest BCUT2D eigenvalue weighted by Gasteiger charge is 2.19.